The zero-order valence-electron chi connectivity index (χ0n) is 5.63. The van der Waals surface area contributed by atoms with Crippen molar-refractivity contribution in [1.29, 1.82) is 0 Å². The summed E-state index contributed by atoms with van der Waals surface area (Å²) in [4.78, 5) is 0. The van der Waals surface area contributed by atoms with Crippen molar-refractivity contribution in [2.24, 2.45) is 0 Å². The van der Waals surface area contributed by atoms with Gasteiger partial charge in [-0.15, -0.1) is 0 Å². The highest BCUT2D eigenvalue weighted by Crippen LogP contribution is 2.24. The third-order valence-corrected chi connectivity index (χ3v) is 1.65. The lowest BCUT2D eigenvalue weighted by Gasteiger charge is -2.14. The lowest BCUT2D eigenvalue weighted by Crippen LogP contribution is -2.02. The number of fused-ring (bicyclic) bond motifs is 1. The average molecular weight is 132 g/mol. The predicted molar refractivity (Wildman–Crippen MR) is 38.6 cm³/mol. The van der Waals surface area contributed by atoms with Gasteiger partial charge >= 0.3 is 0 Å². The van der Waals surface area contributed by atoms with E-state index in [1.54, 1.807) is 0 Å². The molecule has 2 radical (unpaired) electrons. The van der Waals surface area contributed by atoms with Gasteiger partial charge in [0.05, 0.1) is 0 Å². The third-order valence-electron chi connectivity index (χ3n) is 1.65. The Bertz CT molecular complexity index is 205. The van der Waals surface area contributed by atoms with Gasteiger partial charge in [0.1, 0.15) is 5.75 Å². The number of ether oxygens (including phenoxy) is 1. The molecule has 1 aromatic rings. The lowest BCUT2D eigenvalue weighted by atomic mass is 10.1. The second kappa shape index (κ2) is 2.33. The van der Waals surface area contributed by atoms with Gasteiger partial charge in [-0.25, -0.2) is 0 Å². The van der Waals surface area contributed by atoms with Crippen molar-refractivity contribution in [2.45, 2.75) is 12.8 Å². The number of hydrogen-bond donors (Lipinski definition) is 0. The number of hydrogen-bond acceptors (Lipinski definition) is 1. The molecule has 1 aliphatic rings. The molecule has 0 aliphatic carbocycles. The second-order valence-electron chi connectivity index (χ2n) is 2.35. The average Bonchev–Trinajstić information content (AvgIpc) is 2.05. The van der Waals surface area contributed by atoms with Crippen LogP contribution >= 0.6 is 0 Å². The van der Waals surface area contributed by atoms with Crippen LogP contribution in [0.25, 0.3) is 0 Å². The standard InChI is InChI=1S/C9H8O/c1-2-6-9-8(4-1)5-3-7-10-9/h1-2,4,6H,3,5H2. The molecule has 1 heteroatoms. The van der Waals surface area contributed by atoms with Gasteiger partial charge in [0, 0.05) is 0 Å². The summed E-state index contributed by atoms with van der Waals surface area (Å²) < 4.78 is 5.17. The van der Waals surface area contributed by atoms with E-state index in [1.807, 2.05) is 18.2 Å². The molecular weight excluding hydrogens is 124 g/mol. The molecule has 1 aromatic carbocycles. The van der Waals surface area contributed by atoms with Crippen molar-refractivity contribution in [3.05, 3.63) is 36.4 Å². The Kier molecular flexibility index (Phi) is 1.35. The normalized spacial score (nSPS) is 15.6. The van der Waals surface area contributed by atoms with Gasteiger partial charge in [-0.3, -0.25) is 0 Å². The largest absolute Gasteiger partial charge is 0.478 e. The van der Waals surface area contributed by atoms with E-state index in [0.29, 0.717) is 0 Å². The molecule has 0 aromatic heterocycles. The maximum absolute atomic E-state index is 5.17. The van der Waals surface area contributed by atoms with Gasteiger partial charge in [0.15, 0.2) is 6.61 Å². The minimum absolute atomic E-state index is 0.914. The Morgan fingerprint density at radius 1 is 1.30 bits per heavy atom. The SMILES string of the molecule is [C]1CCc2ccccc2O1. The van der Waals surface area contributed by atoms with Crippen LogP contribution < -0.4 is 4.74 Å². The maximum Gasteiger partial charge on any atom is 0.196 e. The summed E-state index contributed by atoms with van der Waals surface area (Å²) in [6, 6.07) is 8.08. The number of para-hydroxylation sites is 1. The molecule has 0 saturated carbocycles. The van der Waals surface area contributed by atoms with Crippen LogP contribution in [0.15, 0.2) is 24.3 Å². The number of rotatable bonds is 0. The monoisotopic (exact) mass is 132 g/mol. The molecule has 1 heterocycles. The molecule has 0 saturated heterocycles. The molecule has 0 spiro atoms. The Labute approximate surface area is 60.6 Å². The predicted octanol–water partition coefficient (Wildman–Crippen LogP) is 2.05. The van der Waals surface area contributed by atoms with Gasteiger partial charge in [-0.1, -0.05) is 18.2 Å². The van der Waals surface area contributed by atoms with Crippen molar-refractivity contribution >= 4 is 0 Å². The van der Waals surface area contributed by atoms with E-state index in [0.717, 1.165) is 18.6 Å². The lowest BCUT2D eigenvalue weighted by molar-refractivity contribution is 0.366. The summed E-state index contributed by atoms with van der Waals surface area (Å²) in [5.41, 5.74) is 1.29. The topological polar surface area (TPSA) is 9.23 Å². The van der Waals surface area contributed by atoms with Crippen LogP contribution in [0.3, 0.4) is 0 Å². The molecule has 50 valence electrons. The molecule has 0 N–H and O–H groups in total. The summed E-state index contributed by atoms with van der Waals surface area (Å²) in [6.45, 7) is 2.84. The Morgan fingerprint density at radius 3 is 3.10 bits per heavy atom. The van der Waals surface area contributed by atoms with E-state index in [4.69, 9.17) is 4.74 Å². The molecule has 1 nitrogen and oxygen atoms in total. The highest BCUT2D eigenvalue weighted by atomic mass is 16.5. The molecule has 0 fully saturated rings. The summed E-state index contributed by atoms with van der Waals surface area (Å²) in [7, 11) is 0. The van der Waals surface area contributed by atoms with Gasteiger partial charge in [-0.2, -0.15) is 0 Å². The zero-order valence-corrected chi connectivity index (χ0v) is 5.63. The van der Waals surface area contributed by atoms with Crippen LogP contribution in [-0.4, -0.2) is 0 Å². The molecule has 1 aliphatic heterocycles. The molecule has 0 amide bonds. The van der Waals surface area contributed by atoms with Gasteiger partial charge in [0.2, 0.25) is 0 Å². The zero-order chi connectivity index (χ0) is 6.81. The quantitative estimate of drug-likeness (QED) is 0.525. The van der Waals surface area contributed by atoms with Crippen molar-refractivity contribution in [3.8, 4) is 5.75 Å². The molecule has 0 unspecified atom stereocenters. The smallest absolute Gasteiger partial charge is 0.196 e. The van der Waals surface area contributed by atoms with Crippen molar-refractivity contribution < 1.29 is 4.74 Å². The first kappa shape index (κ1) is 5.78. The van der Waals surface area contributed by atoms with Gasteiger partial charge in [-0.05, 0) is 24.5 Å². The van der Waals surface area contributed by atoms with Crippen LogP contribution in [0, 0.1) is 6.61 Å². The molecule has 2 rings (SSSR count). The Balaban J connectivity index is 2.41. The van der Waals surface area contributed by atoms with Crippen molar-refractivity contribution in [3.63, 3.8) is 0 Å². The maximum atomic E-state index is 5.17. The molecular formula is C9H8O. The number of aryl methyl sites for hydroxylation is 1. The van der Waals surface area contributed by atoms with E-state index < -0.39 is 0 Å². The first-order chi connectivity index (χ1) is 4.97. The van der Waals surface area contributed by atoms with Crippen LogP contribution in [0.2, 0.25) is 0 Å². The summed E-state index contributed by atoms with van der Waals surface area (Å²) in [5, 5.41) is 0. The fourth-order valence-corrected chi connectivity index (χ4v) is 1.12. The van der Waals surface area contributed by atoms with Gasteiger partial charge < -0.3 is 4.74 Å². The first-order valence-electron chi connectivity index (χ1n) is 3.44. The Morgan fingerprint density at radius 2 is 2.20 bits per heavy atom. The summed E-state index contributed by atoms with van der Waals surface area (Å²) >= 11 is 0. The van der Waals surface area contributed by atoms with Crippen LogP contribution in [-0.2, 0) is 6.42 Å². The Hall–Kier alpha value is -0.980. The second-order valence-corrected chi connectivity index (χ2v) is 2.35. The highest BCUT2D eigenvalue weighted by Gasteiger charge is 2.08. The molecule has 0 bridgehead atoms. The number of benzene rings is 1. The minimum atomic E-state index is 0.914. The molecule has 10 heavy (non-hydrogen) atoms. The first-order valence-corrected chi connectivity index (χ1v) is 3.44. The van der Waals surface area contributed by atoms with Gasteiger partial charge in [0.25, 0.3) is 0 Å². The van der Waals surface area contributed by atoms with E-state index in [1.165, 1.54) is 5.56 Å². The van der Waals surface area contributed by atoms with Crippen molar-refractivity contribution in [1.82, 2.24) is 0 Å². The third kappa shape index (κ3) is 0.878. The fourth-order valence-electron chi connectivity index (χ4n) is 1.12. The minimum Gasteiger partial charge on any atom is -0.478 e. The fraction of sp³-hybridized carbons (Fsp3) is 0.222. The van der Waals surface area contributed by atoms with Crippen LogP contribution in [0.1, 0.15) is 12.0 Å². The van der Waals surface area contributed by atoms with Crippen molar-refractivity contribution in [2.75, 3.05) is 0 Å². The van der Waals surface area contributed by atoms with Crippen LogP contribution in [0.5, 0.6) is 5.75 Å². The van der Waals surface area contributed by atoms with Crippen LogP contribution in [0.4, 0.5) is 0 Å². The summed E-state index contributed by atoms with van der Waals surface area (Å²) in [5.74, 6) is 0.966. The van der Waals surface area contributed by atoms with E-state index in [2.05, 4.69) is 12.7 Å². The van der Waals surface area contributed by atoms with E-state index >= 15 is 0 Å². The molecule has 0 atom stereocenters. The summed E-state index contributed by atoms with van der Waals surface area (Å²) in [6.07, 6.45) is 1.98. The van der Waals surface area contributed by atoms with E-state index in [9.17, 15) is 0 Å². The van der Waals surface area contributed by atoms with E-state index in [-0.39, 0.29) is 0 Å². The highest BCUT2D eigenvalue weighted by molar-refractivity contribution is 5.35.